The Kier molecular flexibility index (Phi) is 6.21. The summed E-state index contributed by atoms with van der Waals surface area (Å²) in [4.78, 5) is 8.53. The fourth-order valence-corrected chi connectivity index (χ4v) is 3.60. The van der Waals surface area contributed by atoms with E-state index in [1.54, 1.807) is 20.8 Å². The number of halogens is 1. The molecule has 0 amide bonds. The Hall–Kier alpha value is -1.47. The van der Waals surface area contributed by atoms with E-state index in [1.165, 1.54) is 0 Å². The lowest BCUT2D eigenvalue weighted by molar-refractivity contribution is 0.381. The standard InChI is InChI=1S/C17H27ClN4O2S/c1-17(2,3)25(23,24)13-8-20-16(19)22-11-9-21(10-12-22)15-6-4-14(18)5-7-15/h4-7H,8-13H2,1-3H3,(H2,19,20). The van der Waals surface area contributed by atoms with E-state index in [2.05, 4.69) is 9.89 Å². The molecule has 1 aromatic carbocycles. The Morgan fingerprint density at radius 3 is 2.24 bits per heavy atom. The summed E-state index contributed by atoms with van der Waals surface area (Å²) in [6.45, 7) is 8.47. The quantitative estimate of drug-likeness (QED) is 0.632. The van der Waals surface area contributed by atoms with Gasteiger partial charge in [0, 0.05) is 36.9 Å². The number of anilines is 1. The van der Waals surface area contributed by atoms with Crippen LogP contribution in [0.1, 0.15) is 20.8 Å². The van der Waals surface area contributed by atoms with Crippen molar-refractivity contribution in [2.45, 2.75) is 25.5 Å². The maximum atomic E-state index is 12.1. The third kappa shape index (κ3) is 5.25. The molecule has 0 unspecified atom stereocenters. The first-order chi connectivity index (χ1) is 11.6. The largest absolute Gasteiger partial charge is 0.370 e. The van der Waals surface area contributed by atoms with Gasteiger partial charge in [-0.3, -0.25) is 4.99 Å². The number of benzene rings is 1. The van der Waals surface area contributed by atoms with Gasteiger partial charge in [0.05, 0.1) is 17.0 Å². The van der Waals surface area contributed by atoms with E-state index >= 15 is 0 Å². The fourth-order valence-electron chi connectivity index (χ4n) is 2.53. The van der Waals surface area contributed by atoms with Crippen molar-refractivity contribution in [1.82, 2.24) is 4.90 Å². The van der Waals surface area contributed by atoms with Crippen molar-refractivity contribution >= 4 is 33.1 Å². The van der Waals surface area contributed by atoms with Gasteiger partial charge in [0.25, 0.3) is 0 Å². The predicted octanol–water partition coefficient (Wildman–Crippen LogP) is 1.99. The van der Waals surface area contributed by atoms with Crippen molar-refractivity contribution in [3.05, 3.63) is 29.3 Å². The number of hydrogen-bond donors (Lipinski definition) is 1. The first kappa shape index (κ1) is 19.8. The van der Waals surface area contributed by atoms with Crippen molar-refractivity contribution in [1.29, 1.82) is 0 Å². The molecule has 0 saturated carbocycles. The minimum absolute atomic E-state index is 0.0158. The van der Waals surface area contributed by atoms with E-state index < -0.39 is 14.6 Å². The monoisotopic (exact) mass is 386 g/mol. The second-order valence-electron chi connectivity index (χ2n) is 7.12. The summed E-state index contributed by atoms with van der Waals surface area (Å²) in [5, 5.41) is 0.726. The molecule has 8 heteroatoms. The molecule has 140 valence electrons. The molecule has 0 atom stereocenters. The Morgan fingerprint density at radius 1 is 1.16 bits per heavy atom. The molecule has 1 saturated heterocycles. The van der Waals surface area contributed by atoms with E-state index in [1.807, 2.05) is 29.2 Å². The number of guanidine groups is 1. The number of piperazine rings is 1. The third-order valence-electron chi connectivity index (χ3n) is 4.36. The molecule has 1 heterocycles. The van der Waals surface area contributed by atoms with Crippen LogP contribution in [0.2, 0.25) is 5.02 Å². The second-order valence-corrected chi connectivity index (χ2v) is 10.4. The average Bonchev–Trinajstić information content (AvgIpc) is 2.54. The normalized spacial score (nSPS) is 17.0. The van der Waals surface area contributed by atoms with Gasteiger partial charge in [-0.2, -0.15) is 0 Å². The molecule has 1 fully saturated rings. The third-order valence-corrected chi connectivity index (χ3v) is 7.20. The first-order valence-corrected chi connectivity index (χ1v) is 10.4. The van der Waals surface area contributed by atoms with Crippen LogP contribution >= 0.6 is 11.6 Å². The molecule has 1 aromatic rings. The van der Waals surface area contributed by atoms with Crippen LogP contribution in [0.5, 0.6) is 0 Å². The SMILES string of the molecule is CC(C)(C)S(=O)(=O)CCN=C(N)N1CCN(c2ccc(Cl)cc2)CC1. The van der Waals surface area contributed by atoms with Gasteiger partial charge in [-0.1, -0.05) is 11.6 Å². The number of hydrogen-bond acceptors (Lipinski definition) is 4. The van der Waals surface area contributed by atoms with Gasteiger partial charge in [-0.15, -0.1) is 0 Å². The number of rotatable bonds is 4. The van der Waals surface area contributed by atoms with E-state index in [-0.39, 0.29) is 12.3 Å². The van der Waals surface area contributed by atoms with Crippen molar-refractivity contribution < 1.29 is 8.42 Å². The van der Waals surface area contributed by atoms with Gasteiger partial charge < -0.3 is 15.5 Å². The summed E-state index contributed by atoms with van der Waals surface area (Å²) in [6.07, 6.45) is 0. The van der Waals surface area contributed by atoms with Gasteiger partial charge in [-0.25, -0.2) is 8.42 Å². The number of sulfone groups is 1. The lowest BCUT2D eigenvalue weighted by Crippen LogP contribution is -2.51. The Balaban J connectivity index is 1.86. The van der Waals surface area contributed by atoms with Crippen molar-refractivity contribution in [3.8, 4) is 0 Å². The molecule has 0 aromatic heterocycles. The average molecular weight is 387 g/mol. The molecule has 0 spiro atoms. The van der Waals surface area contributed by atoms with Crippen LogP contribution in [0.25, 0.3) is 0 Å². The minimum atomic E-state index is -3.17. The van der Waals surface area contributed by atoms with Crippen LogP contribution in [-0.4, -0.2) is 62.5 Å². The molecular weight excluding hydrogens is 360 g/mol. The van der Waals surface area contributed by atoms with Crippen LogP contribution in [0.15, 0.2) is 29.3 Å². The fraction of sp³-hybridized carbons (Fsp3) is 0.588. The Bertz CT molecular complexity index is 703. The lowest BCUT2D eigenvalue weighted by Gasteiger charge is -2.36. The maximum absolute atomic E-state index is 12.1. The van der Waals surface area contributed by atoms with Gasteiger partial charge in [0.1, 0.15) is 0 Å². The first-order valence-electron chi connectivity index (χ1n) is 8.38. The minimum Gasteiger partial charge on any atom is -0.370 e. The summed E-state index contributed by atoms with van der Waals surface area (Å²) in [6, 6.07) is 7.78. The molecular formula is C17H27ClN4O2S. The van der Waals surface area contributed by atoms with Gasteiger partial charge in [-0.05, 0) is 45.0 Å². The van der Waals surface area contributed by atoms with E-state index in [9.17, 15) is 8.42 Å². The summed E-state index contributed by atoms with van der Waals surface area (Å²) in [7, 11) is -3.17. The van der Waals surface area contributed by atoms with E-state index in [4.69, 9.17) is 17.3 Å². The highest BCUT2D eigenvalue weighted by molar-refractivity contribution is 7.92. The predicted molar refractivity (Wildman–Crippen MR) is 105 cm³/mol. The highest BCUT2D eigenvalue weighted by atomic mass is 35.5. The molecule has 0 radical (unpaired) electrons. The number of nitrogens with two attached hydrogens (primary N) is 1. The van der Waals surface area contributed by atoms with Crippen molar-refractivity contribution in [2.75, 3.05) is 43.4 Å². The summed E-state index contributed by atoms with van der Waals surface area (Å²) >= 11 is 5.92. The molecule has 2 rings (SSSR count). The zero-order chi connectivity index (χ0) is 18.7. The summed E-state index contributed by atoms with van der Waals surface area (Å²) in [5.41, 5.74) is 7.17. The smallest absolute Gasteiger partial charge is 0.191 e. The van der Waals surface area contributed by atoms with Crippen molar-refractivity contribution in [2.24, 2.45) is 10.7 Å². The zero-order valence-corrected chi connectivity index (χ0v) is 16.6. The van der Waals surface area contributed by atoms with Crippen LogP contribution in [-0.2, 0) is 9.84 Å². The summed E-state index contributed by atoms with van der Waals surface area (Å²) < 4.78 is 23.4. The Morgan fingerprint density at radius 2 is 1.72 bits per heavy atom. The van der Waals surface area contributed by atoms with Crippen LogP contribution in [0.4, 0.5) is 5.69 Å². The topological polar surface area (TPSA) is 79.0 Å². The number of aliphatic imine (C=N–C) groups is 1. The van der Waals surface area contributed by atoms with E-state index in [0.29, 0.717) is 5.96 Å². The molecule has 1 aliphatic rings. The van der Waals surface area contributed by atoms with E-state index in [0.717, 1.165) is 36.9 Å². The van der Waals surface area contributed by atoms with Crippen LogP contribution in [0.3, 0.4) is 0 Å². The van der Waals surface area contributed by atoms with Gasteiger partial charge in [0.2, 0.25) is 0 Å². The van der Waals surface area contributed by atoms with Crippen LogP contribution < -0.4 is 10.6 Å². The Labute approximate surface area is 155 Å². The zero-order valence-electron chi connectivity index (χ0n) is 15.1. The van der Waals surface area contributed by atoms with Gasteiger partial charge in [0.15, 0.2) is 15.8 Å². The molecule has 6 nitrogen and oxygen atoms in total. The maximum Gasteiger partial charge on any atom is 0.191 e. The highest BCUT2D eigenvalue weighted by Crippen LogP contribution is 2.19. The van der Waals surface area contributed by atoms with Gasteiger partial charge >= 0.3 is 0 Å². The highest BCUT2D eigenvalue weighted by Gasteiger charge is 2.28. The molecule has 0 aliphatic carbocycles. The molecule has 25 heavy (non-hydrogen) atoms. The van der Waals surface area contributed by atoms with Crippen molar-refractivity contribution in [3.63, 3.8) is 0 Å². The molecule has 0 bridgehead atoms. The lowest BCUT2D eigenvalue weighted by atomic mass is 10.2. The van der Waals surface area contributed by atoms with Crippen LogP contribution in [0, 0.1) is 0 Å². The molecule has 2 N–H and O–H groups in total. The second kappa shape index (κ2) is 7.83. The summed E-state index contributed by atoms with van der Waals surface area (Å²) in [5.74, 6) is 0.432. The number of nitrogens with zero attached hydrogens (tertiary/aromatic N) is 3. The molecule has 1 aliphatic heterocycles.